The van der Waals surface area contributed by atoms with Crippen molar-refractivity contribution in [3.05, 3.63) is 0 Å². The summed E-state index contributed by atoms with van der Waals surface area (Å²) in [5, 5.41) is 0. The Morgan fingerprint density at radius 3 is 2.00 bits per heavy atom. The Kier molecular flexibility index (Phi) is 8.54. The highest BCUT2D eigenvalue weighted by molar-refractivity contribution is 8.43. The molecule has 1 saturated carbocycles. The van der Waals surface area contributed by atoms with Gasteiger partial charge in [0.2, 0.25) is 0 Å². The van der Waals surface area contributed by atoms with Gasteiger partial charge in [-0.3, -0.25) is 0 Å². The standard InChI is InChI=1S/C8H17OPS.C2H6/c1-7-3-5-8(6-4-7)9-10(2)11;1-2/h7-8,11H,3-6H2,1-2H3;1-2H3. The van der Waals surface area contributed by atoms with Gasteiger partial charge in [-0.25, -0.2) is 0 Å². The number of hydrogen-bond donors (Lipinski definition) is 1. The Morgan fingerprint density at radius 2 is 1.62 bits per heavy atom. The minimum Gasteiger partial charge on any atom is -0.345 e. The first kappa shape index (κ1) is 13.7. The highest BCUT2D eigenvalue weighted by Gasteiger charge is 2.19. The number of rotatable bonds is 2. The number of thiol groups is 1. The summed E-state index contributed by atoms with van der Waals surface area (Å²) < 4.78 is 5.67. The maximum Gasteiger partial charge on any atom is 0.0828 e. The monoisotopic (exact) mass is 222 g/mol. The summed E-state index contributed by atoms with van der Waals surface area (Å²) in [6.07, 6.45) is 5.67. The maximum absolute atomic E-state index is 5.67. The van der Waals surface area contributed by atoms with Gasteiger partial charge in [0.15, 0.2) is 0 Å². The Bertz CT molecular complexity index is 111. The largest absolute Gasteiger partial charge is 0.345 e. The number of hydrogen-bond acceptors (Lipinski definition) is 2. The van der Waals surface area contributed by atoms with Crippen LogP contribution in [0.1, 0.15) is 46.5 Å². The van der Waals surface area contributed by atoms with Crippen molar-refractivity contribution in [2.75, 3.05) is 6.66 Å². The summed E-state index contributed by atoms with van der Waals surface area (Å²) in [6, 6.07) is 0. The van der Waals surface area contributed by atoms with Crippen molar-refractivity contribution in [2.24, 2.45) is 5.92 Å². The molecule has 1 aliphatic rings. The normalized spacial score (nSPS) is 30.2. The summed E-state index contributed by atoms with van der Waals surface area (Å²) in [5.41, 5.74) is 0. The van der Waals surface area contributed by atoms with Crippen molar-refractivity contribution in [3.63, 3.8) is 0 Å². The average Bonchev–Trinajstić information content (AvgIpc) is 2.12. The molecule has 0 aliphatic heterocycles. The second-order valence-electron chi connectivity index (χ2n) is 3.45. The fourth-order valence-electron chi connectivity index (χ4n) is 1.55. The van der Waals surface area contributed by atoms with Crippen molar-refractivity contribution in [3.8, 4) is 0 Å². The second kappa shape index (κ2) is 8.08. The summed E-state index contributed by atoms with van der Waals surface area (Å²) >= 11 is 4.27. The molecule has 1 atom stereocenters. The molecule has 3 heteroatoms. The smallest absolute Gasteiger partial charge is 0.0828 e. The first-order valence-electron chi connectivity index (χ1n) is 5.28. The zero-order chi connectivity index (χ0) is 10.3. The van der Waals surface area contributed by atoms with Crippen LogP contribution in [0.15, 0.2) is 0 Å². The topological polar surface area (TPSA) is 9.23 Å². The molecule has 0 spiro atoms. The average molecular weight is 222 g/mol. The predicted molar refractivity (Wildman–Crippen MR) is 65.7 cm³/mol. The van der Waals surface area contributed by atoms with Gasteiger partial charge in [0, 0.05) is 0 Å². The minimum absolute atomic E-state index is 0.443. The molecule has 1 rings (SSSR count). The van der Waals surface area contributed by atoms with E-state index in [4.69, 9.17) is 4.52 Å². The van der Waals surface area contributed by atoms with E-state index in [1.165, 1.54) is 25.7 Å². The van der Waals surface area contributed by atoms with E-state index >= 15 is 0 Å². The zero-order valence-corrected chi connectivity index (χ0v) is 11.1. The lowest BCUT2D eigenvalue weighted by Gasteiger charge is -2.27. The SMILES string of the molecule is CC.CC1CCC(OP(C)S)CC1. The van der Waals surface area contributed by atoms with Gasteiger partial charge in [-0.15, -0.1) is 12.2 Å². The second-order valence-corrected chi connectivity index (χ2v) is 6.28. The van der Waals surface area contributed by atoms with Crippen LogP contribution in [-0.2, 0) is 4.52 Å². The molecule has 1 fully saturated rings. The summed E-state index contributed by atoms with van der Waals surface area (Å²) in [5.74, 6) is 0.915. The zero-order valence-electron chi connectivity index (χ0n) is 9.29. The molecule has 0 amide bonds. The fourth-order valence-corrected chi connectivity index (χ4v) is 2.59. The summed E-state index contributed by atoms with van der Waals surface area (Å²) in [6.45, 7) is 8.38. The maximum atomic E-state index is 5.67. The van der Waals surface area contributed by atoms with Crippen molar-refractivity contribution in [1.82, 2.24) is 0 Å². The third-order valence-corrected chi connectivity index (χ3v) is 3.15. The molecule has 0 bridgehead atoms. The third kappa shape index (κ3) is 6.76. The first-order chi connectivity index (χ1) is 6.18. The van der Waals surface area contributed by atoms with E-state index in [1.807, 2.05) is 13.8 Å². The first-order valence-corrected chi connectivity index (χ1v) is 8.14. The molecule has 1 aliphatic carbocycles. The molecule has 0 aromatic rings. The molecule has 1 unspecified atom stereocenters. The molecular weight excluding hydrogens is 199 g/mol. The highest BCUT2D eigenvalue weighted by atomic mass is 32.7. The quantitative estimate of drug-likeness (QED) is 0.535. The van der Waals surface area contributed by atoms with Gasteiger partial charge < -0.3 is 4.52 Å². The fraction of sp³-hybridized carbons (Fsp3) is 1.00. The van der Waals surface area contributed by atoms with Gasteiger partial charge in [-0.2, -0.15) is 0 Å². The summed E-state index contributed by atoms with van der Waals surface area (Å²) in [4.78, 5) is 0. The van der Waals surface area contributed by atoms with Gasteiger partial charge in [0.25, 0.3) is 0 Å². The molecule has 0 aromatic heterocycles. The Hall–Kier alpha value is 0.740. The van der Waals surface area contributed by atoms with Gasteiger partial charge in [0.05, 0.1) is 13.5 Å². The van der Waals surface area contributed by atoms with Crippen molar-refractivity contribution < 1.29 is 4.52 Å². The van der Waals surface area contributed by atoms with Crippen LogP contribution in [-0.4, -0.2) is 12.8 Å². The van der Waals surface area contributed by atoms with Crippen LogP contribution in [0.3, 0.4) is 0 Å². The van der Waals surface area contributed by atoms with Crippen LogP contribution >= 0.6 is 19.6 Å². The van der Waals surface area contributed by atoms with E-state index in [9.17, 15) is 0 Å². The van der Waals surface area contributed by atoms with Crippen molar-refractivity contribution in [2.45, 2.75) is 52.6 Å². The molecule has 80 valence electrons. The van der Waals surface area contributed by atoms with Gasteiger partial charge in [-0.1, -0.05) is 20.8 Å². The van der Waals surface area contributed by atoms with E-state index in [2.05, 4.69) is 25.8 Å². The van der Waals surface area contributed by atoms with E-state index in [0.29, 0.717) is 6.10 Å². The highest BCUT2D eigenvalue weighted by Crippen LogP contribution is 2.41. The minimum atomic E-state index is -0.443. The van der Waals surface area contributed by atoms with E-state index < -0.39 is 7.35 Å². The lowest BCUT2D eigenvalue weighted by molar-refractivity contribution is 0.155. The Morgan fingerprint density at radius 1 is 1.15 bits per heavy atom. The van der Waals surface area contributed by atoms with Crippen LogP contribution < -0.4 is 0 Å². The summed E-state index contributed by atoms with van der Waals surface area (Å²) in [7, 11) is -0.443. The molecule has 13 heavy (non-hydrogen) atoms. The van der Waals surface area contributed by atoms with Crippen molar-refractivity contribution in [1.29, 1.82) is 0 Å². The Labute approximate surface area is 89.6 Å². The molecule has 0 radical (unpaired) electrons. The molecule has 0 N–H and O–H groups in total. The molecule has 0 aromatic carbocycles. The van der Waals surface area contributed by atoms with Gasteiger partial charge >= 0.3 is 0 Å². The molecule has 0 saturated heterocycles. The predicted octanol–water partition coefficient (Wildman–Crippen LogP) is 4.48. The molecule has 0 heterocycles. The van der Waals surface area contributed by atoms with E-state index in [1.54, 1.807) is 0 Å². The lowest BCUT2D eigenvalue weighted by atomic mass is 9.89. The lowest BCUT2D eigenvalue weighted by Crippen LogP contribution is -2.17. The van der Waals surface area contributed by atoms with Gasteiger partial charge in [-0.05, 0) is 38.3 Å². The molecular formula is C10H23OPS. The van der Waals surface area contributed by atoms with Crippen LogP contribution in [0.5, 0.6) is 0 Å². The van der Waals surface area contributed by atoms with Crippen LogP contribution in [0.4, 0.5) is 0 Å². The third-order valence-electron chi connectivity index (χ3n) is 2.26. The molecule has 1 nitrogen and oxygen atoms in total. The van der Waals surface area contributed by atoms with Crippen LogP contribution in [0.25, 0.3) is 0 Å². The van der Waals surface area contributed by atoms with Crippen LogP contribution in [0.2, 0.25) is 0 Å². The van der Waals surface area contributed by atoms with E-state index in [-0.39, 0.29) is 0 Å². The van der Waals surface area contributed by atoms with Gasteiger partial charge in [0.1, 0.15) is 0 Å². The van der Waals surface area contributed by atoms with Crippen molar-refractivity contribution >= 4 is 19.6 Å². The Balaban J connectivity index is 0.000000671. The van der Waals surface area contributed by atoms with Crippen LogP contribution in [0, 0.1) is 5.92 Å². The van der Waals surface area contributed by atoms with E-state index in [0.717, 1.165) is 5.92 Å².